The maximum atomic E-state index is 13.3. The first kappa shape index (κ1) is 21.4. The van der Waals surface area contributed by atoms with Crippen molar-refractivity contribution in [2.75, 3.05) is 6.54 Å². The molecule has 3 amide bonds. The van der Waals surface area contributed by atoms with E-state index in [0.717, 1.165) is 11.4 Å². The van der Waals surface area contributed by atoms with Crippen molar-refractivity contribution in [1.29, 1.82) is 0 Å². The van der Waals surface area contributed by atoms with Gasteiger partial charge in [-0.15, -0.1) is 0 Å². The van der Waals surface area contributed by atoms with Crippen LogP contribution in [0.5, 0.6) is 0 Å². The Morgan fingerprint density at radius 1 is 1.09 bits per heavy atom. The number of nitrogens with zero attached hydrogens (tertiary/aromatic N) is 2. The number of amides is 3. The number of hydrogen-bond acceptors (Lipinski definition) is 4. The lowest BCUT2D eigenvalue weighted by atomic mass is 10.2. The first-order valence-electron chi connectivity index (χ1n) is 10.3. The van der Waals surface area contributed by atoms with Crippen molar-refractivity contribution < 1.29 is 23.2 Å². The minimum Gasteiger partial charge on any atom is -0.459 e. The number of likely N-dealkylation sites (tertiary alicyclic amines) is 1. The number of carbonyl (C=O) groups is 3. The second-order valence-electron chi connectivity index (χ2n) is 7.67. The van der Waals surface area contributed by atoms with Crippen molar-refractivity contribution in [3.8, 4) is 5.69 Å². The number of furan rings is 1. The minimum atomic E-state index is -0.695. The molecule has 32 heavy (non-hydrogen) atoms. The molecule has 3 heterocycles. The van der Waals surface area contributed by atoms with Gasteiger partial charge in [0.25, 0.3) is 17.7 Å². The molecule has 0 aliphatic carbocycles. The summed E-state index contributed by atoms with van der Waals surface area (Å²) in [6, 6.07) is 10.1. The Hall–Kier alpha value is -3.88. The van der Waals surface area contributed by atoms with Gasteiger partial charge in [-0.3, -0.25) is 25.2 Å². The molecule has 4 rings (SSSR count). The van der Waals surface area contributed by atoms with Crippen LogP contribution >= 0.6 is 0 Å². The predicted molar refractivity (Wildman–Crippen MR) is 114 cm³/mol. The summed E-state index contributed by atoms with van der Waals surface area (Å²) in [7, 11) is 0. The minimum absolute atomic E-state index is 0.168. The third kappa shape index (κ3) is 4.01. The summed E-state index contributed by atoms with van der Waals surface area (Å²) in [6.07, 6.45) is 2.57. The zero-order valence-corrected chi connectivity index (χ0v) is 17.7. The number of hydrogen-bond donors (Lipinski definition) is 2. The largest absolute Gasteiger partial charge is 0.459 e. The van der Waals surface area contributed by atoms with E-state index in [1.807, 2.05) is 11.5 Å². The van der Waals surface area contributed by atoms with Crippen LogP contribution in [0.25, 0.3) is 5.69 Å². The van der Waals surface area contributed by atoms with Crippen LogP contribution in [-0.4, -0.2) is 39.8 Å². The Bertz CT molecular complexity index is 1150. The fourth-order valence-electron chi connectivity index (χ4n) is 4.07. The first-order valence-corrected chi connectivity index (χ1v) is 10.3. The monoisotopic (exact) mass is 438 g/mol. The van der Waals surface area contributed by atoms with E-state index < -0.39 is 17.9 Å². The van der Waals surface area contributed by atoms with Gasteiger partial charge in [-0.25, -0.2) is 4.39 Å². The van der Waals surface area contributed by atoms with E-state index >= 15 is 0 Å². The standard InChI is InChI=1S/C23H23FN4O4/c1-14-13-18(15(2)28(14)17-9-7-16(24)8-10-17)21(29)25-26-22(30)19-5-3-11-27(19)23(31)20-6-4-12-32-20/h4,6-10,12-13,19H,3,5,11H2,1-2H3,(H,25,29)(H,26,30). The highest BCUT2D eigenvalue weighted by Gasteiger charge is 2.35. The fraction of sp³-hybridized carbons (Fsp3) is 0.261. The fourth-order valence-corrected chi connectivity index (χ4v) is 4.07. The van der Waals surface area contributed by atoms with Crippen molar-refractivity contribution in [1.82, 2.24) is 20.3 Å². The van der Waals surface area contributed by atoms with Crippen molar-refractivity contribution >= 4 is 17.7 Å². The van der Waals surface area contributed by atoms with Gasteiger partial charge in [-0.1, -0.05) is 0 Å². The summed E-state index contributed by atoms with van der Waals surface area (Å²) >= 11 is 0. The Morgan fingerprint density at radius 2 is 1.84 bits per heavy atom. The number of hydrazine groups is 1. The molecule has 1 saturated heterocycles. The van der Waals surface area contributed by atoms with Crippen LogP contribution in [0.15, 0.2) is 53.1 Å². The topological polar surface area (TPSA) is 96.6 Å². The normalized spacial score (nSPS) is 15.6. The molecule has 0 saturated carbocycles. The third-order valence-corrected chi connectivity index (χ3v) is 5.61. The van der Waals surface area contributed by atoms with Gasteiger partial charge in [0.1, 0.15) is 11.9 Å². The molecular formula is C23H23FN4O4. The van der Waals surface area contributed by atoms with E-state index in [4.69, 9.17) is 4.42 Å². The van der Waals surface area contributed by atoms with Crippen molar-refractivity contribution in [2.24, 2.45) is 0 Å². The van der Waals surface area contributed by atoms with E-state index in [1.54, 1.807) is 37.3 Å². The van der Waals surface area contributed by atoms with Gasteiger partial charge in [-0.05, 0) is 69.2 Å². The van der Waals surface area contributed by atoms with Crippen molar-refractivity contribution in [3.63, 3.8) is 0 Å². The molecule has 1 fully saturated rings. The number of aromatic nitrogens is 1. The summed E-state index contributed by atoms with van der Waals surface area (Å²) in [5.74, 6) is -1.49. The second-order valence-corrected chi connectivity index (χ2v) is 7.67. The molecule has 1 atom stereocenters. The highest BCUT2D eigenvalue weighted by molar-refractivity contribution is 5.99. The van der Waals surface area contributed by atoms with Gasteiger partial charge in [0.15, 0.2) is 5.76 Å². The zero-order valence-electron chi connectivity index (χ0n) is 17.7. The lowest BCUT2D eigenvalue weighted by molar-refractivity contribution is -0.125. The third-order valence-electron chi connectivity index (χ3n) is 5.61. The van der Waals surface area contributed by atoms with Crippen LogP contribution < -0.4 is 10.9 Å². The number of carbonyl (C=O) groups excluding carboxylic acids is 3. The van der Waals surface area contributed by atoms with Crippen LogP contribution in [0, 0.1) is 19.7 Å². The molecule has 166 valence electrons. The van der Waals surface area contributed by atoms with E-state index in [2.05, 4.69) is 10.9 Å². The second kappa shape index (κ2) is 8.70. The smallest absolute Gasteiger partial charge is 0.290 e. The summed E-state index contributed by atoms with van der Waals surface area (Å²) in [6.45, 7) is 4.04. The highest BCUT2D eigenvalue weighted by atomic mass is 19.1. The molecule has 0 bridgehead atoms. The van der Waals surface area contributed by atoms with Crippen LogP contribution in [0.3, 0.4) is 0 Å². The maximum Gasteiger partial charge on any atom is 0.290 e. The number of rotatable bonds is 4. The summed E-state index contributed by atoms with van der Waals surface area (Å²) < 4.78 is 20.2. The van der Waals surface area contributed by atoms with Crippen LogP contribution in [0.2, 0.25) is 0 Å². The van der Waals surface area contributed by atoms with E-state index in [-0.39, 0.29) is 17.5 Å². The van der Waals surface area contributed by atoms with Crippen LogP contribution in [-0.2, 0) is 4.79 Å². The lowest BCUT2D eigenvalue weighted by Crippen LogP contribution is -2.51. The van der Waals surface area contributed by atoms with Gasteiger partial charge >= 0.3 is 0 Å². The molecule has 8 nitrogen and oxygen atoms in total. The molecule has 0 radical (unpaired) electrons. The average molecular weight is 438 g/mol. The van der Waals surface area contributed by atoms with Gasteiger partial charge in [0.05, 0.1) is 11.8 Å². The number of nitrogens with one attached hydrogen (secondary N) is 2. The lowest BCUT2D eigenvalue weighted by Gasteiger charge is -2.23. The van der Waals surface area contributed by atoms with E-state index in [1.165, 1.54) is 23.3 Å². The molecule has 2 aromatic heterocycles. The molecule has 1 aliphatic heterocycles. The summed E-state index contributed by atoms with van der Waals surface area (Å²) in [5.41, 5.74) is 7.41. The van der Waals surface area contributed by atoms with Crippen LogP contribution in [0.1, 0.15) is 45.1 Å². The van der Waals surface area contributed by atoms with Crippen molar-refractivity contribution in [2.45, 2.75) is 32.7 Å². The Balaban J connectivity index is 1.43. The number of benzene rings is 1. The average Bonchev–Trinajstić information content (AvgIpc) is 3.53. The molecule has 1 aromatic carbocycles. The number of aryl methyl sites for hydroxylation is 1. The Morgan fingerprint density at radius 3 is 2.53 bits per heavy atom. The number of halogens is 1. The Kier molecular flexibility index (Phi) is 5.81. The highest BCUT2D eigenvalue weighted by Crippen LogP contribution is 2.22. The molecule has 1 unspecified atom stereocenters. The zero-order chi connectivity index (χ0) is 22.8. The summed E-state index contributed by atoms with van der Waals surface area (Å²) in [5, 5.41) is 0. The molecule has 1 aliphatic rings. The SMILES string of the molecule is Cc1cc(C(=O)NNC(=O)C2CCCN2C(=O)c2ccco2)c(C)n1-c1ccc(F)cc1. The molecular weight excluding hydrogens is 415 g/mol. The maximum absolute atomic E-state index is 13.3. The molecule has 3 aromatic rings. The molecule has 9 heteroatoms. The Labute approximate surface area is 184 Å². The van der Waals surface area contributed by atoms with Gasteiger partial charge in [0, 0.05) is 23.6 Å². The van der Waals surface area contributed by atoms with Gasteiger partial charge < -0.3 is 13.9 Å². The molecule has 2 N–H and O–H groups in total. The summed E-state index contributed by atoms with van der Waals surface area (Å²) in [4.78, 5) is 39.4. The van der Waals surface area contributed by atoms with E-state index in [0.29, 0.717) is 30.6 Å². The first-order chi connectivity index (χ1) is 15.4. The quantitative estimate of drug-likeness (QED) is 0.612. The predicted octanol–water partition coefficient (Wildman–Crippen LogP) is 2.89. The van der Waals surface area contributed by atoms with Crippen molar-refractivity contribution in [3.05, 3.63) is 77.3 Å². The van der Waals surface area contributed by atoms with Gasteiger partial charge in [-0.2, -0.15) is 0 Å². The van der Waals surface area contributed by atoms with E-state index in [9.17, 15) is 18.8 Å². The van der Waals surface area contributed by atoms with Crippen LogP contribution in [0.4, 0.5) is 4.39 Å². The molecule has 0 spiro atoms. The van der Waals surface area contributed by atoms with Gasteiger partial charge in [0.2, 0.25) is 0 Å².